The Morgan fingerprint density at radius 1 is 1.29 bits per heavy atom. The first-order valence-corrected chi connectivity index (χ1v) is 5.41. The molecule has 0 amide bonds. The van der Waals surface area contributed by atoms with Crippen LogP contribution in [0.2, 0.25) is 0 Å². The van der Waals surface area contributed by atoms with Crippen molar-refractivity contribution in [1.82, 2.24) is 4.98 Å². The predicted octanol–water partition coefficient (Wildman–Crippen LogP) is 2.75. The lowest BCUT2D eigenvalue weighted by Gasteiger charge is -2.09. The zero-order valence-corrected chi connectivity index (χ0v) is 9.43. The van der Waals surface area contributed by atoms with Crippen molar-refractivity contribution in [3.63, 3.8) is 0 Å². The van der Waals surface area contributed by atoms with E-state index in [0.717, 1.165) is 24.5 Å². The van der Waals surface area contributed by atoms with Crippen molar-refractivity contribution in [3.05, 3.63) is 35.4 Å². The summed E-state index contributed by atoms with van der Waals surface area (Å²) in [5.74, 6) is 4.49. The fourth-order valence-corrected chi connectivity index (χ4v) is 1.84. The highest BCUT2D eigenvalue weighted by Crippen LogP contribution is 2.24. The second-order valence-corrected chi connectivity index (χ2v) is 3.85. The molecule has 17 heavy (non-hydrogen) atoms. The highest BCUT2D eigenvalue weighted by molar-refractivity contribution is 5.82. The number of hydrazine groups is 1. The second-order valence-electron chi connectivity index (χ2n) is 3.85. The number of nitrogens with zero attached hydrogens (tertiary/aromatic N) is 1. The van der Waals surface area contributed by atoms with Gasteiger partial charge in [-0.25, -0.2) is 19.6 Å². The van der Waals surface area contributed by atoms with Crippen LogP contribution in [0.3, 0.4) is 0 Å². The number of benzene rings is 1. The molecule has 3 N–H and O–H groups in total. The largest absolute Gasteiger partial charge is 0.308 e. The molecule has 0 fully saturated rings. The van der Waals surface area contributed by atoms with Gasteiger partial charge in [-0.3, -0.25) is 0 Å². The predicted molar refractivity (Wildman–Crippen MR) is 63.5 cm³/mol. The van der Waals surface area contributed by atoms with Gasteiger partial charge in [0.2, 0.25) is 0 Å². The summed E-state index contributed by atoms with van der Waals surface area (Å²) in [7, 11) is 0. The molecule has 1 aromatic heterocycles. The van der Waals surface area contributed by atoms with Crippen molar-refractivity contribution < 1.29 is 8.78 Å². The van der Waals surface area contributed by atoms with Gasteiger partial charge in [-0.2, -0.15) is 0 Å². The Hall–Kier alpha value is -1.75. The molecule has 3 nitrogen and oxygen atoms in total. The van der Waals surface area contributed by atoms with E-state index in [2.05, 4.69) is 10.4 Å². The third-order valence-corrected chi connectivity index (χ3v) is 2.57. The minimum absolute atomic E-state index is 0.124. The molecule has 0 bridgehead atoms. The number of nitrogens with one attached hydrogen (secondary N) is 1. The van der Waals surface area contributed by atoms with Crippen LogP contribution < -0.4 is 11.3 Å². The maximum Gasteiger partial charge on any atom is 0.152 e. The van der Waals surface area contributed by atoms with Gasteiger partial charge in [-0.15, -0.1) is 0 Å². The van der Waals surface area contributed by atoms with Crippen LogP contribution in [-0.4, -0.2) is 4.98 Å². The number of aromatic nitrogens is 1. The maximum absolute atomic E-state index is 13.5. The van der Waals surface area contributed by atoms with E-state index in [1.54, 1.807) is 6.07 Å². The number of anilines is 1. The number of nitrogens with two attached hydrogens (primary N) is 1. The Morgan fingerprint density at radius 2 is 2.06 bits per heavy atom. The SMILES string of the molecule is CCCc1cc2cc(F)cc(F)c2nc1NN. The fraction of sp³-hybridized carbons (Fsp3) is 0.250. The molecule has 2 rings (SSSR count). The number of pyridine rings is 1. The lowest BCUT2D eigenvalue weighted by atomic mass is 10.1. The van der Waals surface area contributed by atoms with Gasteiger partial charge >= 0.3 is 0 Å². The standard InChI is InChI=1S/C12H13F2N3/c1-2-3-7-4-8-5-9(13)6-10(14)11(8)16-12(7)17-15/h4-6H,2-3,15H2,1H3,(H,16,17). The number of aryl methyl sites for hydroxylation is 1. The smallest absolute Gasteiger partial charge is 0.152 e. The van der Waals surface area contributed by atoms with Crippen molar-refractivity contribution in [2.24, 2.45) is 5.84 Å². The number of hydrogen-bond donors (Lipinski definition) is 2. The quantitative estimate of drug-likeness (QED) is 0.637. The molecule has 0 radical (unpaired) electrons. The minimum Gasteiger partial charge on any atom is -0.308 e. The van der Waals surface area contributed by atoms with Gasteiger partial charge < -0.3 is 5.43 Å². The van der Waals surface area contributed by atoms with Crippen LogP contribution in [0.1, 0.15) is 18.9 Å². The van der Waals surface area contributed by atoms with Gasteiger partial charge in [0.15, 0.2) is 5.82 Å². The Bertz CT molecular complexity index is 555. The molecule has 2 aromatic rings. The molecule has 0 atom stereocenters. The number of hydrogen-bond acceptors (Lipinski definition) is 3. The monoisotopic (exact) mass is 237 g/mol. The van der Waals surface area contributed by atoms with Crippen LogP contribution in [0.25, 0.3) is 10.9 Å². The first-order chi connectivity index (χ1) is 8.15. The highest BCUT2D eigenvalue weighted by atomic mass is 19.1. The molecular weight excluding hydrogens is 224 g/mol. The summed E-state index contributed by atoms with van der Waals surface area (Å²) in [6.45, 7) is 2.01. The fourth-order valence-electron chi connectivity index (χ4n) is 1.84. The van der Waals surface area contributed by atoms with Crippen LogP contribution in [0.5, 0.6) is 0 Å². The number of fused-ring (bicyclic) bond motifs is 1. The summed E-state index contributed by atoms with van der Waals surface area (Å²) in [6.07, 6.45) is 1.65. The van der Waals surface area contributed by atoms with E-state index < -0.39 is 11.6 Å². The Kier molecular flexibility index (Phi) is 3.19. The zero-order chi connectivity index (χ0) is 12.4. The Morgan fingerprint density at radius 3 is 2.71 bits per heavy atom. The number of halogens is 2. The van der Waals surface area contributed by atoms with Gasteiger partial charge in [0.1, 0.15) is 17.2 Å². The van der Waals surface area contributed by atoms with E-state index in [4.69, 9.17) is 5.84 Å². The summed E-state index contributed by atoms with van der Waals surface area (Å²) in [5.41, 5.74) is 3.42. The van der Waals surface area contributed by atoms with E-state index in [1.165, 1.54) is 6.07 Å². The van der Waals surface area contributed by atoms with Crippen molar-refractivity contribution in [1.29, 1.82) is 0 Å². The zero-order valence-electron chi connectivity index (χ0n) is 9.43. The topological polar surface area (TPSA) is 50.9 Å². The van der Waals surface area contributed by atoms with Crippen molar-refractivity contribution in [3.8, 4) is 0 Å². The maximum atomic E-state index is 13.5. The molecule has 1 aromatic carbocycles. The van der Waals surface area contributed by atoms with E-state index >= 15 is 0 Å². The lowest BCUT2D eigenvalue weighted by Crippen LogP contribution is -2.11. The summed E-state index contributed by atoms with van der Waals surface area (Å²) in [5, 5.41) is 0.449. The third-order valence-electron chi connectivity index (χ3n) is 2.57. The van der Waals surface area contributed by atoms with Crippen molar-refractivity contribution in [2.75, 3.05) is 5.43 Å². The Labute approximate surface area is 97.6 Å². The molecule has 0 aliphatic carbocycles. The van der Waals surface area contributed by atoms with Crippen LogP contribution in [0.4, 0.5) is 14.6 Å². The summed E-state index contributed by atoms with van der Waals surface area (Å²) in [4.78, 5) is 4.08. The minimum atomic E-state index is -0.681. The third kappa shape index (κ3) is 2.19. The molecule has 0 aliphatic rings. The highest BCUT2D eigenvalue weighted by Gasteiger charge is 2.10. The molecule has 90 valence electrons. The average Bonchev–Trinajstić information content (AvgIpc) is 2.28. The van der Waals surface area contributed by atoms with Crippen LogP contribution in [0, 0.1) is 11.6 Å². The average molecular weight is 237 g/mol. The van der Waals surface area contributed by atoms with Crippen LogP contribution in [-0.2, 0) is 6.42 Å². The molecular formula is C12H13F2N3. The molecule has 5 heteroatoms. The van der Waals surface area contributed by atoms with Gasteiger partial charge in [0.05, 0.1) is 0 Å². The first kappa shape index (κ1) is 11.7. The van der Waals surface area contributed by atoms with E-state index in [9.17, 15) is 8.78 Å². The molecule has 0 unspecified atom stereocenters. The summed E-state index contributed by atoms with van der Waals surface area (Å²) in [6, 6.07) is 3.80. The Balaban J connectivity index is 2.69. The molecule has 1 heterocycles. The van der Waals surface area contributed by atoms with Gasteiger partial charge in [-0.1, -0.05) is 13.3 Å². The second kappa shape index (κ2) is 4.63. The number of nitrogen functional groups attached to an aromatic ring is 1. The first-order valence-electron chi connectivity index (χ1n) is 5.41. The summed E-state index contributed by atoms with van der Waals surface area (Å²) < 4.78 is 26.6. The molecule has 0 saturated heterocycles. The lowest BCUT2D eigenvalue weighted by molar-refractivity contribution is 0.590. The van der Waals surface area contributed by atoms with Crippen LogP contribution >= 0.6 is 0 Å². The van der Waals surface area contributed by atoms with E-state index in [0.29, 0.717) is 11.2 Å². The van der Waals surface area contributed by atoms with Gasteiger partial charge in [0, 0.05) is 11.5 Å². The van der Waals surface area contributed by atoms with Crippen LogP contribution in [0.15, 0.2) is 18.2 Å². The van der Waals surface area contributed by atoms with E-state index in [-0.39, 0.29) is 5.52 Å². The molecule has 0 saturated carbocycles. The normalized spacial score (nSPS) is 10.8. The van der Waals surface area contributed by atoms with E-state index in [1.807, 2.05) is 6.92 Å². The summed E-state index contributed by atoms with van der Waals surface area (Å²) >= 11 is 0. The van der Waals surface area contributed by atoms with Crippen molar-refractivity contribution in [2.45, 2.75) is 19.8 Å². The van der Waals surface area contributed by atoms with Gasteiger partial charge in [-0.05, 0) is 24.1 Å². The molecule has 0 spiro atoms. The van der Waals surface area contributed by atoms with Crippen molar-refractivity contribution >= 4 is 16.7 Å². The number of rotatable bonds is 3. The molecule has 0 aliphatic heterocycles. The van der Waals surface area contributed by atoms with Gasteiger partial charge in [0.25, 0.3) is 0 Å².